The maximum atomic E-state index is 14.1. The lowest BCUT2D eigenvalue weighted by Crippen LogP contribution is -2.38. The highest BCUT2D eigenvalue weighted by atomic mass is 19.1. The van der Waals surface area contributed by atoms with Crippen LogP contribution >= 0.6 is 0 Å². The number of benzene rings is 3. The van der Waals surface area contributed by atoms with Crippen LogP contribution in [-0.2, 0) is 6.42 Å². The number of hydrogen-bond donors (Lipinski definition) is 1. The molecule has 0 amide bonds. The summed E-state index contributed by atoms with van der Waals surface area (Å²) in [4.78, 5) is 0. The number of rotatable bonds is 2. The summed E-state index contributed by atoms with van der Waals surface area (Å²) in [6, 6.07) is 12.7. The van der Waals surface area contributed by atoms with Gasteiger partial charge in [-0.05, 0) is 47.5 Å². The van der Waals surface area contributed by atoms with E-state index in [2.05, 4.69) is 0 Å². The molecule has 4 rings (SSSR count). The second-order valence-electron chi connectivity index (χ2n) is 6.20. The molecule has 0 aromatic heterocycles. The maximum absolute atomic E-state index is 14.1. The van der Waals surface area contributed by atoms with Gasteiger partial charge in [0, 0.05) is 17.2 Å². The third kappa shape index (κ3) is 2.70. The molecule has 2 N–H and O–H groups in total. The summed E-state index contributed by atoms with van der Waals surface area (Å²) < 4.78 is 38.6. The van der Waals surface area contributed by atoms with Crippen molar-refractivity contribution >= 4 is 10.8 Å². The van der Waals surface area contributed by atoms with E-state index >= 15 is 0 Å². The van der Waals surface area contributed by atoms with Crippen LogP contribution in [0.2, 0.25) is 0 Å². The molecular weight excluding hydrogens is 324 g/mol. The first-order valence-corrected chi connectivity index (χ1v) is 8.03. The summed E-state index contributed by atoms with van der Waals surface area (Å²) in [6.45, 7) is 0. The smallest absolute Gasteiger partial charge is 0.142 e. The van der Waals surface area contributed by atoms with E-state index < -0.39 is 23.8 Å². The van der Waals surface area contributed by atoms with Gasteiger partial charge in [0.25, 0.3) is 0 Å². The highest BCUT2D eigenvalue weighted by molar-refractivity contribution is 5.89. The normalized spacial score (nSPS) is 19.4. The zero-order valence-corrected chi connectivity index (χ0v) is 13.6. The summed E-state index contributed by atoms with van der Waals surface area (Å²) in [6.07, 6.45) is -0.127. The van der Waals surface area contributed by atoms with Gasteiger partial charge in [0.2, 0.25) is 0 Å². The minimum atomic E-state index is -0.656. The Morgan fingerprint density at radius 1 is 1.08 bits per heavy atom. The van der Waals surface area contributed by atoms with Crippen LogP contribution in [0.4, 0.5) is 8.78 Å². The van der Waals surface area contributed by atoms with Gasteiger partial charge in [-0.3, -0.25) is 0 Å². The molecule has 3 aromatic rings. The Morgan fingerprint density at radius 2 is 1.88 bits per heavy atom. The molecular formula is C20H17F2NO2. The molecule has 0 aliphatic carbocycles. The SMILES string of the molecule is COc1ccc2ccc3c(c2c1)CC(N)C(c1ccc(F)cc1F)O3. The summed E-state index contributed by atoms with van der Waals surface area (Å²) >= 11 is 0. The van der Waals surface area contributed by atoms with Gasteiger partial charge in [0.05, 0.1) is 13.2 Å². The highest BCUT2D eigenvalue weighted by Gasteiger charge is 2.31. The third-order valence-corrected chi connectivity index (χ3v) is 4.65. The van der Waals surface area contributed by atoms with Gasteiger partial charge in [0.15, 0.2) is 0 Å². The third-order valence-electron chi connectivity index (χ3n) is 4.65. The molecule has 0 fully saturated rings. The maximum Gasteiger partial charge on any atom is 0.142 e. The molecule has 128 valence electrons. The number of fused-ring (bicyclic) bond motifs is 3. The Kier molecular flexibility index (Phi) is 3.81. The van der Waals surface area contributed by atoms with E-state index in [9.17, 15) is 8.78 Å². The molecule has 1 aliphatic heterocycles. The highest BCUT2D eigenvalue weighted by Crippen LogP contribution is 2.39. The lowest BCUT2D eigenvalue weighted by atomic mass is 9.90. The van der Waals surface area contributed by atoms with Crippen molar-refractivity contribution < 1.29 is 18.3 Å². The number of halogens is 2. The quantitative estimate of drug-likeness (QED) is 0.762. The molecule has 5 heteroatoms. The van der Waals surface area contributed by atoms with E-state index in [1.165, 1.54) is 12.1 Å². The molecule has 1 aliphatic rings. The second-order valence-corrected chi connectivity index (χ2v) is 6.20. The Balaban J connectivity index is 1.79. The van der Waals surface area contributed by atoms with E-state index in [1.54, 1.807) is 7.11 Å². The zero-order valence-electron chi connectivity index (χ0n) is 13.6. The fourth-order valence-corrected chi connectivity index (χ4v) is 3.38. The lowest BCUT2D eigenvalue weighted by molar-refractivity contribution is 0.150. The predicted octanol–water partition coefficient (Wildman–Crippen LogP) is 4.13. The molecule has 2 atom stereocenters. The topological polar surface area (TPSA) is 44.5 Å². The van der Waals surface area contributed by atoms with Crippen LogP contribution in [0.1, 0.15) is 17.2 Å². The largest absolute Gasteiger partial charge is 0.497 e. The van der Waals surface area contributed by atoms with Crippen LogP contribution in [0.5, 0.6) is 11.5 Å². The first-order valence-electron chi connectivity index (χ1n) is 8.03. The Morgan fingerprint density at radius 3 is 2.64 bits per heavy atom. The van der Waals surface area contributed by atoms with E-state index in [1.807, 2.05) is 30.3 Å². The van der Waals surface area contributed by atoms with Crippen molar-refractivity contribution in [2.75, 3.05) is 7.11 Å². The molecule has 0 spiro atoms. The fraction of sp³-hybridized carbons (Fsp3) is 0.200. The van der Waals surface area contributed by atoms with Crippen molar-refractivity contribution in [2.45, 2.75) is 18.6 Å². The van der Waals surface area contributed by atoms with E-state index in [0.29, 0.717) is 12.2 Å². The number of hydrogen-bond acceptors (Lipinski definition) is 3. The number of ether oxygens (including phenoxy) is 2. The van der Waals surface area contributed by atoms with Crippen LogP contribution in [0.15, 0.2) is 48.5 Å². The standard InChI is InChI=1S/C20H17F2NO2/c1-24-13-5-2-11-3-7-19-16(15(11)9-13)10-18(23)20(25-19)14-6-4-12(21)8-17(14)22/h2-9,18,20H,10,23H2,1H3. The zero-order chi connectivity index (χ0) is 17.6. The van der Waals surface area contributed by atoms with Gasteiger partial charge in [-0.25, -0.2) is 8.78 Å². The molecule has 3 nitrogen and oxygen atoms in total. The minimum absolute atomic E-state index is 0.269. The van der Waals surface area contributed by atoms with Crippen molar-refractivity contribution in [2.24, 2.45) is 5.73 Å². The van der Waals surface area contributed by atoms with Gasteiger partial charge in [-0.2, -0.15) is 0 Å². The van der Waals surface area contributed by atoms with E-state index in [0.717, 1.165) is 28.2 Å². The lowest BCUT2D eigenvalue weighted by Gasteiger charge is -2.32. The van der Waals surface area contributed by atoms with Crippen molar-refractivity contribution in [3.63, 3.8) is 0 Å². The minimum Gasteiger partial charge on any atom is -0.497 e. The average molecular weight is 341 g/mol. The van der Waals surface area contributed by atoms with Gasteiger partial charge in [-0.15, -0.1) is 0 Å². The van der Waals surface area contributed by atoms with Crippen LogP contribution in [0.25, 0.3) is 10.8 Å². The molecule has 0 saturated heterocycles. The Bertz CT molecular complexity index is 958. The van der Waals surface area contributed by atoms with Gasteiger partial charge in [0.1, 0.15) is 29.2 Å². The van der Waals surface area contributed by atoms with Gasteiger partial charge >= 0.3 is 0 Å². The van der Waals surface area contributed by atoms with Crippen molar-refractivity contribution in [3.05, 3.63) is 71.3 Å². The number of nitrogens with two attached hydrogens (primary N) is 1. The molecule has 0 saturated carbocycles. The molecule has 1 heterocycles. The van der Waals surface area contributed by atoms with Gasteiger partial charge < -0.3 is 15.2 Å². The van der Waals surface area contributed by atoms with Crippen LogP contribution in [0.3, 0.4) is 0 Å². The van der Waals surface area contributed by atoms with Crippen LogP contribution < -0.4 is 15.2 Å². The van der Waals surface area contributed by atoms with Crippen molar-refractivity contribution in [1.82, 2.24) is 0 Å². The Hall–Kier alpha value is -2.66. The molecule has 2 unspecified atom stereocenters. The van der Waals surface area contributed by atoms with E-state index in [-0.39, 0.29) is 5.56 Å². The molecule has 3 aromatic carbocycles. The average Bonchev–Trinajstić information content (AvgIpc) is 2.61. The Labute approximate surface area is 144 Å². The fourth-order valence-electron chi connectivity index (χ4n) is 3.38. The summed E-state index contributed by atoms with van der Waals surface area (Å²) in [5, 5.41) is 2.06. The van der Waals surface area contributed by atoms with Crippen LogP contribution in [-0.4, -0.2) is 13.2 Å². The predicted molar refractivity (Wildman–Crippen MR) is 91.9 cm³/mol. The second kappa shape index (κ2) is 6.01. The molecule has 25 heavy (non-hydrogen) atoms. The summed E-state index contributed by atoms with van der Waals surface area (Å²) in [5.74, 6) is 0.146. The molecule has 0 radical (unpaired) electrons. The molecule has 0 bridgehead atoms. The summed E-state index contributed by atoms with van der Waals surface area (Å²) in [5.41, 5.74) is 7.52. The first-order chi connectivity index (χ1) is 12.1. The summed E-state index contributed by atoms with van der Waals surface area (Å²) in [7, 11) is 1.62. The number of methoxy groups -OCH3 is 1. The van der Waals surface area contributed by atoms with E-state index in [4.69, 9.17) is 15.2 Å². The van der Waals surface area contributed by atoms with Gasteiger partial charge in [-0.1, -0.05) is 12.1 Å². The monoisotopic (exact) mass is 341 g/mol. The first kappa shape index (κ1) is 15.8. The van der Waals surface area contributed by atoms with Crippen molar-refractivity contribution in [3.8, 4) is 11.5 Å². The van der Waals surface area contributed by atoms with Crippen molar-refractivity contribution in [1.29, 1.82) is 0 Å². The van der Waals surface area contributed by atoms with Crippen LogP contribution in [0, 0.1) is 11.6 Å².